The van der Waals surface area contributed by atoms with Crippen molar-refractivity contribution in [1.82, 2.24) is 24.6 Å². The molecule has 2 rings (SSSR count). The highest BCUT2D eigenvalue weighted by Crippen LogP contribution is 2.15. The molecule has 0 radical (unpaired) electrons. The van der Waals surface area contributed by atoms with E-state index in [9.17, 15) is 18.0 Å². The van der Waals surface area contributed by atoms with Crippen LogP contribution in [0.4, 0.5) is 10.7 Å². The Balaban J connectivity index is 2.26. The summed E-state index contributed by atoms with van der Waals surface area (Å²) < 4.78 is 31.7. The van der Waals surface area contributed by atoms with Crippen molar-refractivity contribution in [3.05, 3.63) is 35.7 Å². The fourth-order valence-corrected chi connectivity index (χ4v) is 3.04. The second-order valence-corrected chi connectivity index (χ2v) is 7.09. The zero-order valence-electron chi connectivity index (χ0n) is 15.0. The fourth-order valence-electron chi connectivity index (χ4n) is 2.01. The van der Waals surface area contributed by atoms with Crippen molar-refractivity contribution in [3.63, 3.8) is 0 Å². The minimum absolute atomic E-state index is 0.148. The van der Waals surface area contributed by atoms with Crippen LogP contribution < -0.4 is 14.8 Å². The Bertz CT molecular complexity index is 976. The lowest BCUT2D eigenvalue weighted by Crippen LogP contribution is -2.36. The van der Waals surface area contributed by atoms with Gasteiger partial charge in [0.1, 0.15) is 0 Å². The molecule has 0 saturated carbocycles. The van der Waals surface area contributed by atoms with Gasteiger partial charge in [-0.05, 0) is 19.1 Å². The molecule has 2 aromatic rings. The van der Waals surface area contributed by atoms with Gasteiger partial charge in [-0.2, -0.15) is 13.4 Å². The summed E-state index contributed by atoms with van der Waals surface area (Å²) in [7, 11) is -0.0995. The Morgan fingerprint density at radius 1 is 1.22 bits per heavy atom. The van der Waals surface area contributed by atoms with Gasteiger partial charge in [0, 0.05) is 32.1 Å². The van der Waals surface area contributed by atoms with E-state index in [1.807, 2.05) is 0 Å². The second-order valence-electron chi connectivity index (χ2n) is 5.49. The summed E-state index contributed by atoms with van der Waals surface area (Å²) in [5, 5.41) is 1.63. The number of nitrogens with zero attached hydrogens (tertiary/aromatic N) is 4. The van der Waals surface area contributed by atoms with Gasteiger partial charge in [-0.3, -0.25) is 10.1 Å². The first-order valence-corrected chi connectivity index (χ1v) is 9.02. The number of anilines is 1. The van der Waals surface area contributed by atoms with E-state index in [-0.39, 0.29) is 17.4 Å². The number of aromatic nitrogens is 3. The molecular weight excluding hydrogens is 376 g/mol. The first-order valence-electron chi connectivity index (χ1n) is 7.54. The zero-order valence-corrected chi connectivity index (χ0v) is 15.9. The maximum Gasteiger partial charge on any atom is 0.335 e. The van der Waals surface area contributed by atoms with Gasteiger partial charge in [0.25, 0.3) is 15.9 Å². The summed E-state index contributed by atoms with van der Waals surface area (Å²) in [5.74, 6) is -0.523. The van der Waals surface area contributed by atoms with Crippen LogP contribution in [0.3, 0.4) is 0 Å². The summed E-state index contributed by atoms with van der Waals surface area (Å²) in [6.45, 7) is 1.65. The van der Waals surface area contributed by atoms with Gasteiger partial charge in [-0.25, -0.2) is 19.5 Å². The molecule has 0 aliphatic carbocycles. The highest BCUT2D eigenvalue weighted by Gasteiger charge is 2.27. The van der Waals surface area contributed by atoms with Crippen LogP contribution in [-0.4, -0.2) is 61.4 Å². The second kappa shape index (κ2) is 7.95. The molecule has 0 unspecified atom stereocenters. The summed E-state index contributed by atoms with van der Waals surface area (Å²) in [6, 6.07) is 3.14. The lowest BCUT2D eigenvalue weighted by molar-refractivity contribution is 0.0823. The predicted molar refractivity (Wildman–Crippen MR) is 94.9 cm³/mol. The molecule has 0 saturated heterocycles. The highest BCUT2D eigenvalue weighted by molar-refractivity contribution is 7.90. The van der Waals surface area contributed by atoms with Crippen LogP contribution in [0.2, 0.25) is 0 Å². The van der Waals surface area contributed by atoms with Crippen molar-refractivity contribution in [3.8, 4) is 5.88 Å². The number of hydrogen-bond donors (Lipinski definition) is 2. The van der Waals surface area contributed by atoms with Gasteiger partial charge < -0.3 is 9.64 Å². The monoisotopic (exact) mass is 394 g/mol. The minimum Gasteiger partial charge on any atom is -0.481 e. The molecule has 0 aliphatic heterocycles. The summed E-state index contributed by atoms with van der Waals surface area (Å²) in [4.78, 5) is 37.0. The molecule has 0 spiro atoms. The number of nitrogens with one attached hydrogen (secondary N) is 2. The van der Waals surface area contributed by atoms with Gasteiger partial charge >= 0.3 is 6.03 Å². The number of urea groups is 1. The van der Waals surface area contributed by atoms with Crippen LogP contribution in [0.15, 0.2) is 29.4 Å². The quantitative estimate of drug-likeness (QED) is 0.742. The Hall–Kier alpha value is -3.28. The number of hydrogen-bond acceptors (Lipinski definition) is 8. The number of aryl methyl sites for hydroxylation is 1. The smallest absolute Gasteiger partial charge is 0.335 e. The Labute approximate surface area is 155 Å². The third kappa shape index (κ3) is 4.88. The van der Waals surface area contributed by atoms with Crippen LogP contribution in [0.5, 0.6) is 5.88 Å². The molecule has 27 heavy (non-hydrogen) atoms. The average Bonchev–Trinajstić information content (AvgIpc) is 2.59. The SMILES string of the molecule is COc1cc(C)nc(NC(=O)NS(=O)(=O)c2ncccc2C(=O)N(C)C)n1. The number of amides is 3. The van der Waals surface area contributed by atoms with Crippen LogP contribution >= 0.6 is 0 Å². The van der Waals surface area contributed by atoms with E-state index in [1.165, 1.54) is 50.5 Å². The van der Waals surface area contributed by atoms with E-state index in [4.69, 9.17) is 4.74 Å². The number of carbonyl (C=O) groups excluding carboxylic acids is 2. The average molecular weight is 394 g/mol. The lowest BCUT2D eigenvalue weighted by atomic mass is 10.2. The molecular formula is C15H18N6O5S. The molecule has 12 heteroatoms. The largest absolute Gasteiger partial charge is 0.481 e. The van der Waals surface area contributed by atoms with E-state index in [0.717, 1.165) is 0 Å². The molecule has 2 N–H and O–H groups in total. The number of sulfonamides is 1. The number of pyridine rings is 1. The normalized spacial score (nSPS) is 10.8. The predicted octanol–water partition coefficient (Wildman–Crippen LogP) is 0.401. The van der Waals surface area contributed by atoms with Crippen LogP contribution in [0.25, 0.3) is 0 Å². The number of ether oxygens (including phenoxy) is 1. The van der Waals surface area contributed by atoms with Crippen LogP contribution in [-0.2, 0) is 10.0 Å². The van der Waals surface area contributed by atoms with E-state index in [2.05, 4.69) is 20.3 Å². The third-order valence-electron chi connectivity index (χ3n) is 3.15. The molecule has 0 bridgehead atoms. The van der Waals surface area contributed by atoms with Crippen molar-refractivity contribution in [2.75, 3.05) is 26.5 Å². The molecule has 2 aromatic heterocycles. The van der Waals surface area contributed by atoms with E-state index >= 15 is 0 Å². The van der Waals surface area contributed by atoms with Gasteiger partial charge in [-0.15, -0.1) is 0 Å². The first kappa shape index (κ1) is 20.0. The van der Waals surface area contributed by atoms with Crippen molar-refractivity contribution < 1.29 is 22.7 Å². The van der Waals surface area contributed by atoms with Crippen molar-refractivity contribution in [2.45, 2.75) is 11.9 Å². The maximum atomic E-state index is 12.5. The summed E-state index contributed by atoms with van der Waals surface area (Å²) >= 11 is 0. The maximum absolute atomic E-state index is 12.5. The molecule has 3 amide bonds. The first-order chi connectivity index (χ1) is 12.6. The zero-order chi connectivity index (χ0) is 20.2. The minimum atomic E-state index is -4.42. The molecule has 0 atom stereocenters. The number of methoxy groups -OCH3 is 1. The van der Waals surface area contributed by atoms with Crippen LogP contribution in [0.1, 0.15) is 16.1 Å². The lowest BCUT2D eigenvalue weighted by Gasteiger charge is -2.14. The molecule has 2 heterocycles. The van der Waals surface area contributed by atoms with Gasteiger partial charge in [-0.1, -0.05) is 0 Å². The van der Waals surface area contributed by atoms with Gasteiger partial charge in [0.05, 0.1) is 12.7 Å². The van der Waals surface area contributed by atoms with Gasteiger partial charge in [0.2, 0.25) is 11.8 Å². The number of rotatable bonds is 5. The topological polar surface area (TPSA) is 143 Å². The fraction of sp³-hybridized carbons (Fsp3) is 0.267. The Morgan fingerprint density at radius 3 is 2.56 bits per heavy atom. The molecule has 0 fully saturated rings. The Morgan fingerprint density at radius 2 is 1.93 bits per heavy atom. The van der Waals surface area contributed by atoms with E-state index in [0.29, 0.717) is 5.69 Å². The standard InChI is InChI=1S/C15H18N6O5S/c1-9-8-11(26-4)18-14(17-9)19-15(23)20-27(24,25)12-10(6-5-7-16-12)13(22)21(2)3/h5-8H,1-4H3,(H2,17,18,19,20,23). The highest BCUT2D eigenvalue weighted by atomic mass is 32.2. The van der Waals surface area contributed by atoms with Crippen molar-refractivity contribution in [2.24, 2.45) is 0 Å². The summed E-state index contributed by atoms with van der Waals surface area (Å²) in [5.41, 5.74) is 0.333. The third-order valence-corrected chi connectivity index (χ3v) is 4.44. The Kier molecular flexibility index (Phi) is 5.90. The van der Waals surface area contributed by atoms with Crippen molar-refractivity contribution in [1.29, 1.82) is 0 Å². The van der Waals surface area contributed by atoms with Gasteiger partial charge in [0.15, 0.2) is 5.03 Å². The number of carbonyl (C=O) groups is 2. The molecule has 0 aromatic carbocycles. The van der Waals surface area contributed by atoms with Crippen LogP contribution in [0, 0.1) is 6.92 Å². The molecule has 0 aliphatic rings. The van der Waals surface area contributed by atoms with E-state index in [1.54, 1.807) is 11.6 Å². The van der Waals surface area contributed by atoms with E-state index < -0.39 is 27.0 Å². The van der Waals surface area contributed by atoms with Crippen molar-refractivity contribution >= 4 is 27.9 Å². The summed E-state index contributed by atoms with van der Waals surface area (Å²) in [6.07, 6.45) is 1.20. The molecule has 11 nitrogen and oxygen atoms in total. The molecule has 144 valence electrons.